The van der Waals surface area contributed by atoms with Gasteiger partial charge >= 0.3 is 33.3 Å². The molecule has 9 heteroatoms. The van der Waals surface area contributed by atoms with Crippen LogP contribution in [0.1, 0.15) is 0 Å². The van der Waals surface area contributed by atoms with E-state index in [9.17, 15) is 0 Å². The van der Waals surface area contributed by atoms with Crippen molar-refractivity contribution in [3.05, 3.63) is 0 Å². The topological polar surface area (TPSA) is 6.48 Å². The number of hydrogen-bond acceptors (Lipinski definition) is 4. The summed E-state index contributed by atoms with van der Waals surface area (Å²) >= 11 is 10.9. The van der Waals surface area contributed by atoms with Crippen molar-refractivity contribution in [2.45, 2.75) is 0 Å². The molecule has 0 aromatic rings. The first-order chi connectivity index (χ1) is 6.86. The summed E-state index contributed by atoms with van der Waals surface area (Å²) in [5.74, 6) is 0. The monoisotopic (exact) mass is 373 g/mol. The van der Waals surface area contributed by atoms with E-state index < -0.39 is 0 Å². The quantitative estimate of drug-likeness (QED) is 0.361. The number of hydrogen-bond donors (Lipinski definition) is 0. The Morgan fingerprint density at radius 2 is 1.13 bits per heavy atom. The average molecular weight is 375 g/mol. The molecule has 0 aromatic heterocycles. The predicted octanol–water partition coefficient (Wildman–Crippen LogP) is 3.44. The van der Waals surface area contributed by atoms with Crippen molar-refractivity contribution in [2.24, 2.45) is 0 Å². The van der Waals surface area contributed by atoms with Crippen LogP contribution >= 0.6 is 66.2 Å². The predicted molar refractivity (Wildman–Crippen MR) is 79.5 cm³/mol. The molecule has 0 saturated heterocycles. The standard InChI is InChI=1S/C6H12N2S4.2ClH.Cu/c1-7(2)5(9)11-12-6(10)8(3)4;;;/h1-4H3;2*1H;/q;;;+2/p-2. The van der Waals surface area contributed by atoms with E-state index in [1.54, 1.807) is 0 Å². The summed E-state index contributed by atoms with van der Waals surface area (Å²) in [5, 5.41) is 0. The molecule has 0 radical (unpaired) electrons. The molecular formula is C6H12Cl2CuN2S4. The Bertz CT molecular complexity index is 184. The molecule has 0 spiro atoms. The van der Waals surface area contributed by atoms with E-state index in [0.29, 0.717) is 0 Å². The number of nitrogens with zero attached hydrogens (tertiary/aromatic N) is 2. The van der Waals surface area contributed by atoms with Crippen LogP contribution in [0.5, 0.6) is 0 Å². The fourth-order valence-electron chi connectivity index (χ4n) is 0.220. The maximum atomic E-state index is 5.07. The molecule has 0 bridgehead atoms. The second-order valence-corrected chi connectivity index (χ2v) is 7.48. The second kappa shape index (κ2) is 12.0. The molecule has 0 fully saturated rings. The third kappa shape index (κ3) is 13.5. The van der Waals surface area contributed by atoms with Crippen LogP contribution in [-0.2, 0) is 13.1 Å². The van der Waals surface area contributed by atoms with Crippen molar-refractivity contribution >= 4 is 74.9 Å². The number of thiocarbonyl (C=S) groups is 2. The van der Waals surface area contributed by atoms with Crippen LogP contribution in [0.2, 0.25) is 0 Å². The van der Waals surface area contributed by atoms with Gasteiger partial charge in [0.15, 0.2) is 0 Å². The molecule has 0 aliphatic rings. The van der Waals surface area contributed by atoms with Gasteiger partial charge in [-0.2, -0.15) is 0 Å². The van der Waals surface area contributed by atoms with Gasteiger partial charge < -0.3 is 9.80 Å². The first kappa shape index (κ1) is 18.9. The summed E-state index contributed by atoms with van der Waals surface area (Å²) < 4.78 is 1.67. The summed E-state index contributed by atoms with van der Waals surface area (Å²) in [6, 6.07) is 0. The van der Waals surface area contributed by atoms with Gasteiger partial charge in [0.05, 0.1) is 0 Å². The van der Waals surface area contributed by atoms with E-state index in [1.165, 1.54) is 21.6 Å². The molecule has 0 amide bonds. The van der Waals surface area contributed by atoms with Gasteiger partial charge in [0.2, 0.25) is 0 Å². The van der Waals surface area contributed by atoms with Gasteiger partial charge in [-0.15, -0.1) is 0 Å². The summed E-state index contributed by atoms with van der Waals surface area (Å²) in [7, 11) is 20.1. The molecule has 0 atom stereocenters. The van der Waals surface area contributed by atoms with Gasteiger partial charge in [-0.25, -0.2) is 0 Å². The fraction of sp³-hybridized carbons (Fsp3) is 0.667. The Morgan fingerprint density at radius 3 is 1.27 bits per heavy atom. The van der Waals surface area contributed by atoms with E-state index in [0.717, 1.165) is 21.8 Å². The van der Waals surface area contributed by atoms with E-state index in [1.807, 2.05) is 38.0 Å². The van der Waals surface area contributed by atoms with Crippen molar-refractivity contribution < 1.29 is 13.1 Å². The minimum absolute atomic E-state index is 0.757. The van der Waals surface area contributed by atoms with Gasteiger partial charge in [-0.05, 0) is 21.6 Å². The number of halogens is 2. The average Bonchev–Trinajstić information content (AvgIpc) is 2.14. The Morgan fingerprint density at radius 1 is 0.933 bits per heavy atom. The van der Waals surface area contributed by atoms with Crippen LogP contribution in [0, 0.1) is 0 Å². The van der Waals surface area contributed by atoms with Gasteiger partial charge in [-0.3, -0.25) is 0 Å². The Hall–Kier alpha value is 1.58. The van der Waals surface area contributed by atoms with Gasteiger partial charge in [0, 0.05) is 28.2 Å². The SMILES string of the molecule is CN(C)C(=S)SSC(=S)N(C)C.[Cl][Cu][Cl]. The fourth-order valence-corrected chi connectivity index (χ4v) is 2.60. The summed E-state index contributed by atoms with van der Waals surface area (Å²) in [5.41, 5.74) is 0. The van der Waals surface area contributed by atoms with Crippen LogP contribution in [-0.4, -0.2) is 46.6 Å². The zero-order valence-corrected chi connectivity index (χ0v) is 14.3. The third-order valence-corrected chi connectivity index (χ3v) is 5.07. The molecule has 2 nitrogen and oxygen atoms in total. The van der Waals surface area contributed by atoms with Gasteiger partial charge in [0.25, 0.3) is 0 Å². The summed E-state index contributed by atoms with van der Waals surface area (Å²) in [4.78, 5) is 3.79. The van der Waals surface area contributed by atoms with Crippen molar-refractivity contribution in [3.8, 4) is 0 Å². The van der Waals surface area contributed by atoms with Crippen LogP contribution in [0.3, 0.4) is 0 Å². The second-order valence-electron chi connectivity index (χ2n) is 2.53. The van der Waals surface area contributed by atoms with Crippen LogP contribution in [0.4, 0.5) is 0 Å². The van der Waals surface area contributed by atoms with Crippen molar-refractivity contribution in [3.63, 3.8) is 0 Å². The van der Waals surface area contributed by atoms with Crippen molar-refractivity contribution in [1.82, 2.24) is 9.80 Å². The third-order valence-electron chi connectivity index (χ3n) is 0.915. The van der Waals surface area contributed by atoms with Crippen LogP contribution in [0.15, 0.2) is 0 Å². The maximum absolute atomic E-state index is 5.07. The molecule has 0 saturated carbocycles. The normalized spacial score (nSPS) is 8.93. The molecule has 0 unspecified atom stereocenters. The molecule has 15 heavy (non-hydrogen) atoms. The van der Waals surface area contributed by atoms with Crippen molar-refractivity contribution in [1.29, 1.82) is 0 Å². The van der Waals surface area contributed by atoms with E-state index in [2.05, 4.69) is 20.2 Å². The molecule has 0 heterocycles. The molecule has 0 N–H and O–H groups in total. The van der Waals surface area contributed by atoms with Gasteiger partial charge in [-0.1, -0.05) is 24.4 Å². The first-order valence-corrected chi connectivity index (χ1v) is 9.00. The molecule has 0 rings (SSSR count). The van der Waals surface area contributed by atoms with Crippen LogP contribution in [0.25, 0.3) is 0 Å². The van der Waals surface area contributed by atoms with Crippen molar-refractivity contribution in [2.75, 3.05) is 28.2 Å². The summed E-state index contributed by atoms with van der Waals surface area (Å²) in [6.07, 6.45) is 0. The zero-order chi connectivity index (χ0) is 12.4. The molecule has 0 aliphatic heterocycles. The Labute approximate surface area is 125 Å². The Kier molecular flexibility index (Phi) is 15.2. The molecule has 95 valence electrons. The van der Waals surface area contributed by atoms with Gasteiger partial charge in [0.1, 0.15) is 8.64 Å². The van der Waals surface area contributed by atoms with Crippen LogP contribution < -0.4 is 0 Å². The zero-order valence-electron chi connectivity index (χ0n) is 8.58. The minimum atomic E-state index is 0.757. The molecule has 0 aliphatic carbocycles. The first-order valence-electron chi connectivity index (χ1n) is 3.45. The summed E-state index contributed by atoms with van der Waals surface area (Å²) in [6.45, 7) is 0. The van der Waals surface area contributed by atoms with E-state index in [-0.39, 0.29) is 0 Å². The van der Waals surface area contributed by atoms with E-state index >= 15 is 0 Å². The number of rotatable bonds is 0. The Balaban J connectivity index is 0. The van der Waals surface area contributed by atoms with E-state index in [4.69, 9.17) is 24.4 Å². The molecule has 0 aromatic carbocycles. The molecular weight excluding hydrogens is 363 g/mol.